The smallest absolute Gasteiger partial charge is 0.260 e. The van der Waals surface area contributed by atoms with Gasteiger partial charge in [0.2, 0.25) is 0 Å². The number of para-hydroxylation sites is 1. The number of fused-ring (bicyclic) bond motifs is 3. The van der Waals surface area contributed by atoms with Gasteiger partial charge in [-0.3, -0.25) is 14.5 Å². The van der Waals surface area contributed by atoms with Crippen LogP contribution in [0.2, 0.25) is 5.02 Å². The van der Waals surface area contributed by atoms with Crippen molar-refractivity contribution < 1.29 is 14.0 Å². The Morgan fingerprint density at radius 3 is 2.60 bits per heavy atom. The lowest BCUT2D eigenvalue weighted by Crippen LogP contribution is -2.44. The Morgan fingerprint density at radius 1 is 1.10 bits per heavy atom. The molecular weight excluding hydrogens is 402 g/mol. The number of halogens is 1. The van der Waals surface area contributed by atoms with Gasteiger partial charge in [-0.05, 0) is 56.1 Å². The molecule has 1 unspecified atom stereocenters. The van der Waals surface area contributed by atoms with E-state index in [-0.39, 0.29) is 11.8 Å². The first-order valence-electron chi connectivity index (χ1n) is 9.65. The minimum atomic E-state index is -0.946. The van der Waals surface area contributed by atoms with E-state index in [0.29, 0.717) is 46.3 Å². The SMILES string of the molecule is CN(C)CCNC(=O)C1c2occc2-c2cc(Cl)ccc2C(=O)N1c1ccccc1. The molecule has 1 atom stereocenters. The first-order valence-corrected chi connectivity index (χ1v) is 10.0. The maximum Gasteiger partial charge on any atom is 0.260 e. The Labute approximate surface area is 180 Å². The van der Waals surface area contributed by atoms with Crippen molar-refractivity contribution in [3.05, 3.63) is 77.2 Å². The Hall–Kier alpha value is -3.09. The van der Waals surface area contributed by atoms with E-state index >= 15 is 0 Å². The molecule has 7 heteroatoms. The first kappa shape index (κ1) is 20.2. The molecule has 2 amide bonds. The quantitative estimate of drug-likeness (QED) is 0.674. The van der Waals surface area contributed by atoms with Crippen LogP contribution in [0.25, 0.3) is 11.1 Å². The van der Waals surface area contributed by atoms with Crippen LogP contribution < -0.4 is 10.2 Å². The largest absolute Gasteiger partial charge is 0.466 e. The van der Waals surface area contributed by atoms with Crippen LogP contribution >= 0.6 is 11.6 Å². The maximum absolute atomic E-state index is 13.7. The van der Waals surface area contributed by atoms with Crippen LogP contribution in [-0.4, -0.2) is 43.9 Å². The zero-order valence-corrected chi connectivity index (χ0v) is 17.5. The van der Waals surface area contributed by atoms with Crippen molar-refractivity contribution in [3.63, 3.8) is 0 Å². The molecular formula is C23H22ClN3O3. The number of carbonyl (C=O) groups excluding carboxylic acids is 2. The van der Waals surface area contributed by atoms with Crippen molar-refractivity contribution in [2.45, 2.75) is 6.04 Å². The van der Waals surface area contributed by atoms with E-state index in [1.165, 1.54) is 11.2 Å². The topological polar surface area (TPSA) is 65.8 Å². The number of furan rings is 1. The summed E-state index contributed by atoms with van der Waals surface area (Å²) in [6.45, 7) is 1.13. The van der Waals surface area contributed by atoms with Gasteiger partial charge >= 0.3 is 0 Å². The van der Waals surface area contributed by atoms with Crippen LogP contribution in [0.4, 0.5) is 5.69 Å². The van der Waals surface area contributed by atoms with Gasteiger partial charge in [-0.2, -0.15) is 0 Å². The number of nitrogens with zero attached hydrogens (tertiary/aromatic N) is 2. The summed E-state index contributed by atoms with van der Waals surface area (Å²) >= 11 is 6.22. The number of anilines is 1. The van der Waals surface area contributed by atoms with Crippen molar-refractivity contribution in [2.75, 3.05) is 32.1 Å². The molecule has 0 saturated carbocycles. The number of rotatable bonds is 5. The van der Waals surface area contributed by atoms with Crippen molar-refractivity contribution in [1.82, 2.24) is 10.2 Å². The average molecular weight is 424 g/mol. The number of hydrogen-bond acceptors (Lipinski definition) is 4. The summed E-state index contributed by atoms with van der Waals surface area (Å²) in [7, 11) is 3.87. The van der Waals surface area contributed by atoms with Crippen LogP contribution in [0.15, 0.2) is 65.3 Å². The van der Waals surface area contributed by atoms with E-state index in [9.17, 15) is 9.59 Å². The fraction of sp³-hybridized carbons (Fsp3) is 0.217. The lowest BCUT2D eigenvalue weighted by Gasteiger charge is -2.29. The first-order chi connectivity index (χ1) is 14.5. The van der Waals surface area contributed by atoms with Gasteiger partial charge in [-0.15, -0.1) is 0 Å². The minimum Gasteiger partial charge on any atom is -0.466 e. The number of carbonyl (C=O) groups is 2. The molecule has 1 aromatic heterocycles. The zero-order chi connectivity index (χ0) is 21.3. The van der Waals surface area contributed by atoms with Gasteiger partial charge in [0, 0.05) is 34.9 Å². The summed E-state index contributed by atoms with van der Waals surface area (Å²) in [5.41, 5.74) is 2.42. The summed E-state index contributed by atoms with van der Waals surface area (Å²) < 4.78 is 5.79. The molecule has 3 aromatic rings. The monoisotopic (exact) mass is 423 g/mol. The molecule has 0 radical (unpaired) electrons. The van der Waals surface area contributed by atoms with E-state index in [1.54, 1.807) is 24.3 Å². The standard InChI is InChI=1S/C23H22ClN3O3/c1-26(2)12-11-25-22(28)20-21-17(10-13-30-21)19-14-15(24)8-9-18(19)23(29)27(20)16-6-4-3-5-7-16/h3-10,13-14,20H,11-12H2,1-2H3,(H,25,28). The molecule has 4 rings (SSSR count). The number of hydrogen-bond donors (Lipinski definition) is 1. The van der Waals surface area contributed by atoms with E-state index in [4.69, 9.17) is 16.0 Å². The highest BCUT2D eigenvalue weighted by Crippen LogP contribution is 2.42. The van der Waals surface area contributed by atoms with Gasteiger partial charge in [0.1, 0.15) is 5.76 Å². The second kappa shape index (κ2) is 8.34. The van der Waals surface area contributed by atoms with E-state index in [2.05, 4.69) is 5.32 Å². The highest BCUT2D eigenvalue weighted by molar-refractivity contribution is 6.31. The molecule has 0 fully saturated rings. The molecule has 154 valence electrons. The summed E-state index contributed by atoms with van der Waals surface area (Å²) in [6, 6.07) is 15.1. The molecule has 1 N–H and O–H groups in total. The normalized spacial score (nSPS) is 15.5. The predicted molar refractivity (Wildman–Crippen MR) is 117 cm³/mol. The lowest BCUT2D eigenvalue weighted by atomic mass is 9.99. The minimum absolute atomic E-state index is 0.285. The lowest BCUT2D eigenvalue weighted by molar-refractivity contribution is -0.122. The summed E-state index contributed by atoms with van der Waals surface area (Å²) in [4.78, 5) is 30.5. The van der Waals surface area contributed by atoms with E-state index in [1.807, 2.05) is 49.3 Å². The molecule has 0 aliphatic carbocycles. The third-order valence-electron chi connectivity index (χ3n) is 5.06. The van der Waals surface area contributed by atoms with Crippen molar-refractivity contribution >= 4 is 29.1 Å². The summed E-state index contributed by atoms with van der Waals surface area (Å²) in [5, 5.41) is 3.45. The molecule has 0 bridgehead atoms. The molecule has 30 heavy (non-hydrogen) atoms. The second-order valence-electron chi connectivity index (χ2n) is 7.40. The molecule has 1 aliphatic rings. The fourth-order valence-electron chi connectivity index (χ4n) is 3.64. The van der Waals surface area contributed by atoms with Gasteiger partial charge < -0.3 is 14.6 Å². The van der Waals surface area contributed by atoms with Gasteiger partial charge in [-0.1, -0.05) is 29.8 Å². The van der Waals surface area contributed by atoms with Gasteiger partial charge in [0.15, 0.2) is 6.04 Å². The van der Waals surface area contributed by atoms with Gasteiger partial charge in [-0.25, -0.2) is 0 Å². The van der Waals surface area contributed by atoms with Crippen molar-refractivity contribution in [2.24, 2.45) is 0 Å². The van der Waals surface area contributed by atoms with E-state index in [0.717, 1.165) is 0 Å². The van der Waals surface area contributed by atoms with E-state index < -0.39 is 6.04 Å². The Balaban J connectivity index is 1.86. The summed E-state index contributed by atoms with van der Waals surface area (Å²) in [6.07, 6.45) is 1.54. The summed E-state index contributed by atoms with van der Waals surface area (Å²) in [5.74, 6) is -0.174. The van der Waals surface area contributed by atoms with Gasteiger partial charge in [0.25, 0.3) is 11.8 Å². The maximum atomic E-state index is 13.7. The number of benzene rings is 2. The Kier molecular flexibility index (Phi) is 5.61. The van der Waals surface area contributed by atoms with Crippen LogP contribution in [0, 0.1) is 0 Å². The average Bonchev–Trinajstić information content (AvgIpc) is 3.17. The number of likely N-dealkylation sites (N-methyl/N-ethyl adjacent to an activating group) is 1. The third-order valence-corrected chi connectivity index (χ3v) is 5.30. The molecule has 0 saturated heterocycles. The Morgan fingerprint density at radius 2 is 1.87 bits per heavy atom. The van der Waals surface area contributed by atoms with Crippen molar-refractivity contribution in [1.29, 1.82) is 0 Å². The molecule has 2 heterocycles. The predicted octanol–water partition coefficient (Wildman–Crippen LogP) is 3.98. The molecule has 6 nitrogen and oxygen atoms in total. The molecule has 1 aliphatic heterocycles. The highest BCUT2D eigenvalue weighted by atomic mass is 35.5. The molecule has 0 spiro atoms. The van der Waals surface area contributed by atoms with Crippen LogP contribution in [0.1, 0.15) is 22.2 Å². The Bertz CT molecular complexity index is 1080. The van der Waals surface area contributed by atoms with Crippen LogP contribution in [0.3, 0.4) is 0 Å². The third kappa shape index (κ3) is 3.72. The van der Waals surface area contributed by atoms with Crippen LogP contribution in [0.5, 0.6) is 0 Å². The highest BCUT2D eigenvalue weighted by Gasteiger charge is 2.41. The van der Waals surface area contributed by atoms with Crippen LogP contribution in [-0.2, 0) is 4.79 Å². The number of nitrogens with one attached hydrogen (secondary N) is 1. The zero-order valence-electron chi connectivity index (χ0n) is 16.8. The molecule has 2 aromatic carbocycles. The van der Waals surface area contributed by atoms with Crippen molar-refractivity contribution in [3.8, 4) is 11.1 Å². The fourth-order valence-corrected chi connectivity index (χ4v) is 3.81. The van der Waals surface area contributed by atoms with Gasteiger partial charge in [0.05, 0.1) is 6.26 Å². The number of amides is 2. The second-order valence-corrected chi connectivity index (χ2v) is 7.83.